The van der Waals surface area contributed by atoms with Gasteiger partial charge in [-0.25, -0.2) is 0 Å². The Morgan fingerprint density at radius 1 is 1.38 bits per heavy atom. The largest absolute Gasteiger partial charge is 0.330 e. The van der Waals surface area contributed by atoms with E-state index in [-0.39, 0.29) is 0 Å². The molecule has 0 radical (unpaired) electrons. The first-order valence-electron chi connectivity index (χ1n) is 6.08. The quantitative estimate of drug-likeness (QED) is 0.820. The number of nitrogens with two attached hydrogens (primary N) is 1. The van der Waals surface area contributed by atoms with Crippen molar-refractivity contribution in [2.24, 2.45) is 11.1 Å². The van der Waals surface area contributed by atoms with Gasteiger partial charge >= 0.3 is 0 Å². The highest BCUT2D eigenvalue weighted by Gasteiger charge is 2.41. The Balaban J connectivity index is 1.89. The van der Waals surface area contributed by atoms with E-state index in [1.807, 2.05) is 0 Å². The van der Waals surface area contributed by atoms with Crippen molar-refractivity contribution in [3.05, 3.63) is 35.4 Å². The van der Waals surface area contributed by atoms with E-state index in [9.17, 15) is 0 Å². The van der Waals surface area contributed by atoms with Crippen LogP contribution in [0.4, 0.5) is 0 Å². The molecule has 0 aromatic heterocycles. The summed E-state index contributed by atoms with van der Waals surface area (Å²) in [5.41, 5.74) is 8.99. The third-order valence-corrected chi connectivity index (χ3v) is 3.53. The minimum absolute atomic E-state index is 0.443. The van der Waals surface area contributed by atoms with Gasteiger partial charge in [-0.3, -0.25) is 0 Å². The topological polar surface area (TPSA) is 29.3 Å². The first-order chi connectivity index (χ1) is 7.63. The highest BCUT2D eigenvalue weighted by Crippen LogP contribution is 2.45. The minimum Gasteiger partial charge on any atom is -0.330 e. The predicted molar refractivity (Wildman–Crippen MR) is 68.2 cm³/mol. The van der Waals surface area contributed by atoms with E-state index >= 15 is 0 Å². The molecule has 16 heavy (non-hydrogen) atoms. The molecule has 1 aromatic rings. The van der Waals surface area contributed by atoms with Crippen molar-refractivity contribution in [2.45, 2.75) is 26.3 Å². The second-order valence-electron chi connectivity index (χ2n) is 5.37. The summed E-state index contributed by atoms with van der Waals surface area (Å²) in [7, 11) is 2.19. The molecule has 2 nitrogen and oxygen atoms in total. The fourth-order valence-electron chi connectivity index (χ4n) is 2.35. The summed E-state index contributed by atoms with van der Waals surface area (Å²) in [5, 5.41) is 0. The molecule has 0 amide bonds. The lowest BCUT2D eigenvalue weighted by molar-refractivity contribution is 0.259. The van der Waals surface area contributed by atoms with Gasteiger partial charge in [0, 0.05) is 13.1 Å². The molecule has 1 saturated carbocycles. The van der Waals surface area contributed by atoms with Crippen LogP contribution in [0.25, 0.3) is 0 Å². The first kappa shape index (κ1) is 11.6. The molecule has 0 unspecified atom stereocenters. The zero-order valence-corrected chi connectivity index (χ0v) is 10.4. The second-order valence-corrected chi connectivity index (χ2v) is 5.37. The van der Waals surface area contributed by atoms with Crippen molar-refractivity contribution in [3.63, 3.8) is 0 Å². The third-order valence-electron chi connectivity index (χ3n) is 3.53. The molecule has 0 spiro atoms. The zero-order chi connectivity index (χ0) is 11.6. The van der Waals surface area contributed by atoms with Gasteiger partial charge in [-0.15, -0.1) is 0 Å². The predicted octanol–water partition coefficient (Wildman–Crippen LogP) is 2.17. The molecule has 2 heteroatoms. The van der Waals surface area contributed by atoms with Crippen molar-refractivity contribution in [2.75, 3.05) is 20.1 Å². The maximum atomic E-state index is 5.81. The Hall–Kier alpha value is -0.860. The van der Waals surface area contributed by atoms with Crippen molar-refractivity contribution in [3.8, 4) is 0 Å². The highest BCUT2D eigenvalue weighted by atomic mass is 15.1. The molecule has 1 aliphatic rings. The van der Waals surface area contributed by atoms with Crippen LogP contribution >= 0.6 is 0 Å². The van der Waals surface area contributed by atoms with Gasteiger partial charge in [0.1, 0.15) is 0 Å². The summed E-state index contributed by atoms with van der Waals surface area (Å²) in [4.78, 5) is 2.40. The normalized spacial score (nSPS) is 17.8. The summed E-state index contributed by atoms with van der Waals surface area (Å²) >= 11 is 0. The van der Waals surface area contributed by atoms with Crippen LogP contribution < -0.4 is 5.73 Å². The van der Waals surface area contributed by atoms with Gasteiger partial charge < -0.3 is 10.6 Å². The Morgan fingerprint density at radius 2 is 2.12 bits per heavy atom. The molecule has 0 saturated heterocycles. The lowest BCUT2D eigenvalue weighted by Gasteiger charge is -2.22. The molecule has 88 valence electrons. The second kappa shape index (κ2) is 4.56. The molecule has 0 atom stereocenters. The Labute approximate surface area is 98.4 Å². The average Bonchev–Trinajstić information content (AvgIpc) is 2.98. The Kier molecular flexibility index (Phi) is 3.31. The number of aryl methyl sites for hydroxylation is 1. The monoisotopic (exact) mass is 218 g/mol. The number of hydrogen-bond donors (Lipinski definition) is 1. The molecule has 2 rings (SSSR count). The summed E-state index contributed by atoms with van der Waals surface area (Å²) < 4.78 is 0. The smallest absolute Gasteiger partial charge is 0.0231 e. The molecule has 0 aliphatic heterocycles. The van der Waals surface area contributed by atoms with Crippen LogP contribution in [0, 0.1) is 12.3 Å². The van der Waals surface area contributed by atoms with Crippen molar-refractivity contribution < 1.29 is 0 Å². The van der Waals surface area contributed by atoms with Gasteiger partial charge in [-0.2, -0.15) is 0 Å². The van der Waals surface area contributed by atoms with Gasteiger partial charge in [0.25, 0.3) is 0 Å². The van der Waals surface area contributed by atoms with Crippen LogP contribution in [0.2, 0.25) is 0 Å². The average molecular weight is 218 g/mol. The van der Waals surface area contributed by atoms with Gasteiger partial charge in [-0.05, 0) is 44.3 Å². The van der Waals surface area contributed by atoms with Crippen LogP contribution in [0.15, 0.2) is 24.3 Å². The van der Waals surface area contributed by atoms with Crippen molar-refractivity contribution in [1.29, 1.82) is 0 Å². The summed E-state index contributed by atoms with van der Waals surface area (Å²) in [6.07, 6.45) is 2.61. The van der Waals surface area contributed by atoms with E-state index in [1.54, 1.807) is 0 Å². The van der Waals surface area contributed by atoms with E-state index < -0.39 is 0 Å². The molecule has 0 heterocycles. The molecule has 1 fully saturated rings. The molecule has 1 aliphatic carbocycles. The van der Waals surface area contributed by atoms with E-state index in [4.69, 9.17) is 5.73 Å². The molecule has 1 aromatic carbocycles. The summed E-state index contributed by atoms with van der Waals surface area (Å²) in [5.74, 6) is 0. The standard InChI is InChI=1S/C14H22N2/c1-12-4-3-5-13(8-12)9-16(2)11-14(10-15)6-7-14/h3-5,8H,6-7,9-11,15H2,1-2H3. The Morgan fingerprint density at radius 3 is 2.69 bits per heavy atom. The maximum absolute atomic E-state index is 5.81. The van der Waals surface area contributed by atoms with Crippen LogP contribution in [0.5, 0.6) is 0 Å². The number of benzene rings is 1. The minimum atomic E-state index is 0.443. The summed E-state index contributed by atoms with van der Waals surface area (Å²) in [6.45, 7) is 5.15. The van der Waals surface area contributed by atoms with Gasteiger partial charge in [-0.1, -0.05) is 29.8 Å². The van der Waals surface area contributed by atoms with Gasteiger partial charge in [0.05, 0.1) is 0 Å². The SMILES string of the molecule is Cc1cccc(CN(C)CC2(CN)CC2)c1. The van der Waals surface area contributed by atoms with Gasteiger partial charge in [0.2, 0.25) is 0 Å². The molecular weight excluding hydrogens is 196 g/mol. The van der Waals surface area contributed by atoms with Crippen LogP contribution in [-0.4, -0.2) is 25.0 Å². The lowest BCUT2D eigenvalue weighted by atomic mass is 10.1. The van der Waals surface area contributed by atoms with Crippen LogP contribution in [-0.2, 0) is 6.54 Å². The first-order valence-corrected chi connectivity index (χ1v) is 6.08. The van der Waals surface area contributed by atoms with Crippen LogP contribution in [0.1, 0.15) is 24.0 Å². The highest BCUT2D eigenvalue weighted by molar-refractivity contribution is 5.22. The van der Waals surface area contributed by atoms with Crippen molar-refractivity contribution in [1.82, 2.24) is 4.90 Å². The molecule has 0 bridgehead atoms. The van der Waals surface area contributed by atoms with Gasteiger partial charge in [0.15, 0.2) is 0 Å². The molecule has 2 N–H and O–H groups in total. The fraction of sp³-hybridized carbons (Fsp3) is 0.571. The number of hydrogen-bond acceptors (Lipinski definition) is 2. The Bertz CT molecular complexity index is 356. The maximum Gasteiger partial charge on any atom is 0.0231 e. The molecular formula is C14H22N2. The van der Waals surface area contributed by atoms with E-state index in [0.29, 0.717) is 5.41 Å². The zero-order valence-electron chi connectivity index (χ0n) is 10.4. The number of nitrogens with zero attached hydrogens (tertiary/aromatic N) is 1. The lowest BCUT2D eigenvalue weighted by Crippen LogP contribution is -2.31. The van der Waals surface area contributed by atoms with E-state index in [0.717, 1.165) is 19.6 Å². The summed E-state index contributed by atoms with van der Waals surface area (Å²) in [6, 6.07) is 8.74. The fourth-order valence-corrected chi connectivity index (χ4v) is 2.35. The van der Waals surface area contributed by atoms with Crippen molar-refractivity contribution >= 4 is 0 Å². The van der Waals surface area contributed by atoms with Crippen LogP contribution in [0.3, 0.4) is 0 Å². The number of rotatable bonds is 5. The third kappa shape index (κ3) is 2.83. The van der Waals surface area contributed by atoms with E-state index in [2.05, 4.69) is 43.1 Å². The van der Waals surface area contributed by atoms with E-state index in [1.165, 1.54) is 24.0 Å².